The van der Waals surface area contributed by atoms with E-state index < -0.39 is 11.7 Å². The highest BCUT2D eigenvalue weighted by Gasteiger charge is 2.17. The topological polar surface area (TPSA) is 64.6 Å². The van der Waals surface area contributed by atoms with Crippen LogP contribution in [0.15, 0.2) is 24.3 Å². The second-order valence-electron chi connectivity index (χ2n) is 4.95. The van der Waals surface area contributed by atoms with Crippen LogP contribution in [0.3, 0.4) is 0 Å². The number of carbonyl (C=O) groups excluding carboxylic acids is 2. The van der Waals surface area contributed by atoms with E-state index in [2.05, 4.69) is 5.32 Å². The van der Waals surface area contributed by atoms with E-state index in [1.165, 1.54) is 0 Å². The number of hydrogen-bond acceptors (Lipinski definition) is 4. The van der Waals surface area contributed by atoms with Crippen LogP contribution in [0, 0.1) is 0 Å². The van der Waals surface area contributed by atoms with Gasteiger partial charge in [0.2, 0.25) is 0 Å². The van der Waals surface area contributed by atoms with Crippen molar-refractivity contribution in [3.05, 3.63) is 24.3 Å². The van der Waals surface area contributed by atoms with Gasteiger partial charge in [0.25, 0.3) is 0 Å². The number of esters is 1. The van der Waals surface area contributed by atoms with Crippen LogP contribution >= 0.6 is 0 Å². The number of amides is 1. The molecule has 0 heterocycles. The summed E-state index contributed by atoms with van der Waals surface area (Å²) in [6.07, 6.45) is -0.326. The van der Waals surface area contributed by atoms with E-state index in [-0.39, 0.29) is 12.4 Å². The lowest BCUT2D eigenvalue weighted by Crippen LogP contribution is -2.27. The predicted octanol–water partition coefficient (Wildman–Crippen LogP) is 3.35. The molecule has 0 radical (unpaired) electrons. The van der Waals surface area contributed by atoms with Crippen molar-refractivity contribution in [3.63, 3.8) is 0 Å². The number of anilines is 1. The largest absolute Gasteiger partial charge is 0.444 e. The van der Waals surface area contributed by atoms with E-state index in [0.29, 0.717) is 11.4 Å². The Morgan fingerprint density at radius 2 is 1.84 bits per heavy atom. The molecule has 0 aliphatic carbocycles. The fraction of sp³-hybridized carbons (Fsp3) is 0.429. The third-order valence-corrected chi connectivity index (χ3v) is 2.04. The van der Waals surface area contributed by atoms with Gasteiger partial charge in [-0.3, -0.25) is 10.1 Å². The smallest absolute Gasteiger partial charge is 0.412 e. The molecule has 19 heavy (non-hydrogen) atoms. The third kappa shape index (κ3) is 5.42. The molecule has 0 aliphatic rings. The quantitative estimate of drug-likeness (QED) is 0.672. The number of carbonyl (C=O) groups is 2. The maximum atomic E-state index is 11.7. The van der Waals surface area contributed by atoms with Gasteiger partial charge < -0.3 is 9.47 Å². The first kappa shape index (κ1) is 15.0. The van der Waals surface area contributed by atoms with Crippen molar-refractivity contribution in [3.8, 4) is 5.75 Å². The maximum Gasteiger partial charge on any atom is 0.412 e. The molecule has 0 saturated carbocycles. The summed E-state index contributed by atoms with van der Waals surface area (Å²) < 4.78 is 10.3. The Bertz CT molecular complexity index is 463. The number of benzene rings is 1. The van der Waals surface area contributed by atoms with E-state index >= 15 is 0 Å². The van der Waals surface area contributed by atoms with Crippen LogP contribution in [0.5, 0.6) is 5.75 Å². The monoisotopic (exact) mass is 265 g/mol. The van der Waals surface area contributed by atoms with E-state index in [1.54, 1.807) is 52.0 Å². The zero-order chi connectivity index (χ0) is 14.5. The van der Waals surface area contributed by atoms with Crippen LogP contribution in [-0.2, 0) is 9.53 Å². The molecule has 0 aromatic heterocycles. The minimum Gasteiger partial charge on any atom is -0.444 e. The van der Waals surface area contributed by atoms with Crippen LogP contribution in [0.25, 0.3) is 0 Å². The minimum absolute atomic E-state index is 0.265. The highest BCUT2D eigenvalue weighted by molar-refractivity contribution is 5.88. The van der Waals surface area contributed by atoms with E-state index in [4.69, 9.17) is 9.47 Å². The van der Waals surface area contributed by atoms with Gasteiger partial charge in [-0.15, -0.1) is 0 Å². The molecule has 0 unspecified atom stereocenters. The molecule has 0 bridgehead atoms. The van der Waals surface area contributed by atoms with Gasteiger partial charge in [0.05, 0.1) is 5.69 Å². The van der Waals surface area contributed by atoms with Crippen molar-refractivity contribution < 1.29 is 19.1 Å². The van der Waals surface area contributed by atoms with Crippen molar-refractivity contribution in [1.29, 1.82) is 0 Å². The lowest BCUT2D eigenvalue weighted by molar-refractivity contribution is -0.133. The standard InChI is InChI=1S/C14H19NO4/c1-5-12(16)18-11-9-7-6-8-10(11)15-13(17)19-14(2,3)4/h6-9H,5H2,1-4H3,(H,15,17). The second-order valence-corrected chi connectivity index (χ2v) is 4.95. The van der Waals surface area contributed by atoms with Crippen LogP contribution in [0.2, 0.25) is 0 Å². The lowest BCUT2D eigenvalue weighted by Gasteiger charge is -2.20. The molecule has 1 aromatic carbocycles. The zero-order valence-electron chi connectivity index (χ0n) is 11.6. The number of ether oxygens (including phenoxy) is 2. The third-order valence-electron chi connectivity index (χ3n) is 2.04. The van der Waals surface area contributed by atoms with Crippen LogP contribution in [0.1, 0.15) is 34.1 Å². The average Bonchev–Trinajstić information content (AvgIpc) is 2.29. The molecule has 104 valence electrons. The van der Waals surface area contributed by atoms with Gasteiger partial charge in [-0.05, 0) is 32.9 Å². The van der Waals surface area contributed by atoms with Gasteiger partial charge in [-0.1, -0.05) is 19.1 Å². The number of nitrogens with one attached hydrogen (secondary N) is 1. The molecule has 0 spiro atoms. The predicted molar refractivity (Wildman–Crippen MR) is 72.2 cm³/mol. The summed E-state index contributed by atoms with van der Waals surface area (Å²) in [6, 6.07) is 6.71. The Morgan fingerprint density at radius 3 is 2.42 bits per heavy atom. The molecule has 0 aliphatic heterocycles. The summed E-state index contributed by atoms with van der Waals surface area (Å²) in [5.41, 5.74) is -0.183. The second kappa shape index (κ2) is 6.22. The summed E-state index contributed by atoms with van der Waals surface area (Å²) in [7, 11) is 0. The summed E-state index contributed by atoms with van der Waals surface area (Å²) in [5.74, 6) is -0.0568. The van der Waals surface area contributed by atoms with Gasteiger partial charge in [0.1, 0.15) is 5.60 Å². The van der Waals surface area contributed by atoms with Gasteiger partial charge in [0.15, 0.2) is 5.75 Å². The van der Waals surface area contributed by atoms with Crippen molar-refractivity contribution in [2.45, 2.75) is 39.7 Å². The van der Waals surface area contributed by atoms with Gasteiger partial charge in [-0.2, -0.15) is 0 Å². The maximum absolute atomic E-state index is 11.7. The minimum atomic E-state index is -0.590. The van der Waals surface area contributed by atoms with E-state index in [1.807, 2.05) is 0 Å². The van der Waals surface area contributed by atoms with Crippen molar-refractivity contribution in [2.24, 2.45) is 0 Å². The molecular weight excluding hydrogens is 246 g/mol. The molecule has 0 saturated heterocycles. The van der Waals surface area contributed by atoms with Crippen molar-refractivity contribution >= 4 is 17.7 Å². The normalized spacial score (nSPS) is 10.7. The Kier molecular flexibility index (Phi) is 4.92. The van der Waals surface area contributed by atoms with E-state index in [9.17, 15) is 9.59 Å². The van der Waals surface area contributed by atoms with Crippen LogP contribution in [-0.4, -0.2) is 17.7 Å². The average molecular weight is 265 g/mol. The van der Waals surface area contributed by atoms with Gasteiger partial charge in [0, 0.05) is 6.42 Å². The molecule has 0 fully saturated rings. The van der Waals surface area contributed by atoms with Crippen LogP contribution < -0.4 is 10.1 Å². The van der Waals surface area contributed by atoms with E-state index in [0.717, 1.165) is 0 Å². The summed E-state index contributed by atoms with van der Waals surface area (Å²) in [4.78, 5) is 22.9. The Labute approximate surface area is 112 Å². The molecular formula is C14H19NO4. The SMILES string of the molecule is CCC(=O)Oc1ccccc1NC(=O)OC(C)(C)C. The Morgan fingerprint density at radius 1 is 1.21 bits per heavy atom. The molecule has 1 aromatic rings. The number of hydrogen-bond donors (Lipinski definition) is 1. The van der Waals surface area contributed by atoms with Crippen LogP contribution in [0.4, 0.5) is 10.5 Å². The molecule has 0 atom stereocenters. The fourth-order valence-electron chi connectivity index (χ4n) is 1.27. The highest BCUT2D eigenvalue weighted by Crippen LogP contribution is 2.24. The number of para-hydroxylation sites is 2. The van der Waals surface area contributed by atoms with Gasteiger partial charge in [-0.25, -0.2) is 4.79 Å². The molecule has 5 heteroatoms. The molecule has 1 N–H and O–H groups in total. The zero-order valence-corrected chi connectivity index (χ0v) is 11.6. The first-order valence-corrected chi connectivity index (χ1v) is 6.11. The Hall–Kier alpha value is -2.04. The Balaban J connectivity index is 2.78. The fourth-order valence-corrected chi connectivity index (χ4v) is 1.27. The van der Waals surface area contributed by atoms with Crippen molar-refractivity contribution in [1.82, 2.24) is 0 Å². The summed E-state index contributed by atoms with van der Waals surface area (Å²) in [6.45, 7) is 7.02. The first-order chi connectivity index (χ1) is 8.81. The molecule has 1 amide bonds. The highest BCUT2D eigenvalue weighted by atomic mass is 16.6. The molecule has 5 nitrogen and oxygen atoms in total. The van der Waals surface area contributed by atoms with Crippen molar-refractivity contribution in [2.75, 3.05) is 5.32 Å². The summed E-state index contributed by atoms with van der Waals surface area (Å²) in [5, 5.41) is 2.56. The number of rotatable bonds is 3. The lowest BCUT2D eigenvalue weighted by atomic mass is 10.2. The molecule has 1 rings (SSSR count). The summed E-state index contributed by atoms with van der Waals surface area (Å²) >= 11 is 0. The van der Waals surface area contributed by atoms with Gasteiger partial charge >= 0.3 is 12.1 Å². The first-order valence-electron chi connectivity index (χ1n) is 6.11.